The Morgan fingerprint density at radius 2 is 1.80 bits per heavy atom. The summed E-state index contributed by atoms with van der Waals surface area (Å²) in [5.74, 6) is 0.692. The first-order chi connectivity index (χ1) is 11.9. The molecular formula is C21H28N2O2. The first-order valence-corrected chi connectivity index (χ1v) is 8.68. The van der Waals surface area contributed by atoms with Crippen LogP contribution in [-0.4, -0.2) is 26.1 Å². The standard InChI is InChI=1S/C21H28N2O2/c1-6-19(25-20-13-15(2)7-8-16(20)3)21(24)22-14-17-9-11-18(12-10-17)23(4)5/h7-13,19H,6,14H2,1-5H3,(H,22,24). The topological polar surface area (TPSA) is 41.6 Å². The van der Waals surface area contributed by atoms with E-state index < -0.39 is 6.10 Å². The van der Waals surface area contributed by atoms with Gasteiger partial charge in [0.15, 0.2) is 6.10 Å². The van der Waals surface area contributed by atoms with Crippen molar-refractivity contribution in [2.24, 2.45) is 0 Å². The quantitative estimate of drug-likeness (QED) is 0.832. The van der Waals surface area contributed by atoms with Crippen LogP contribution < -0.4 is 15.0 Å². The van der Waals surface area contributed by atoms with Crippen molar-refractivity contribution in [3.05, 3.63) is 59.2 Å². The van der Waals surface area contributed by atoms with Crippen molar-refractivity contribution in [3.63, 3.8) is 0 Å². The average molecular weight is 340 g/mol. The Balaban J connectivity index is 1.96. The van der Waals surface area contributed by atoms with E-state index in [9.17, 15) is 4.79 Å². The summed E-state index contributed by atoms with van der Waals surface area (Å²) < 4.78 is 5.96. The van der Waals surface area contributed by atoms with Gasteiger partial charge >= 0.3 is 0 Å². The van der Waals surface area contributed by atoms with Crippen LogP contribution in [0.5, 0.6) is 5.75 Å². The number of aryl methyl sites for hydroxylation is 2. The van der Waals surface area contributed by atoms with Crippen LogP contribution in [0.1, 0.15) is 30.0 Å². The van der Waals surface area contributed by atoms with E-state index in [4.69, 9.17) is 4.74 Å². The highest BCUT2D eigenvalue weighted by molar-refractivity contribution is 5.81. The maximum absolute atomic E-state index is 12.5. The second-order valence-electron chi connectivity index (χ2n) is 6.56. The van der Waals surface area contributed by atoms with Crippen LogP contribution in [0.3, 0.4) is 0 Å². The predicted molar refractivity (Wildman–Crippen MR) is 103 cm³/mol. The van der Waals surface area contributed by atoms with Crippen molar-refractivity contribution < 1.29 is 9.53 Å². The highest BCUT2D eigenvalue weighted by atomic mass is 16.5. The van der Waals surface area contributed by atoms with Gasteiger partial charge in [-0.05, 0) is 55.2 Å². The molecule has 4 heteroatoms. The largest absolute Gasteiger partial charge is 0.480 e. The highest BCUT2D eigenvalue weighted by Gasteiger charge is 2.19. The molecule has 0 fully saturated rings. The second-order valence-corrected chi connectivity index (χ2v) is 6.56. The zero-order chi connectivity index (χ0) is 18.4. The second kappa shape index (κ2) is 8.56. The van der Waals surface area contributed by atoms with E-state index in [1.54, 1.807) is 0 Å². The summed E-state index contributed by atoms with van der Waals surface area (Å²) in [6.07, 6.45) is 0.139. The fourth-order valence-corrected chi connectivity index (χ4v) is 2.52. The third-order valence-electron chi connectivity index (χ3n) is 4.20. The minimum atomic E-state index is -0.485. The Morgan fingerprint density at radius 1 is 1.12 bits per heavy atom. The van der Waals surface area contributed by atoms with E-state index in [2.05, 4.69) is 5.32 Å². The summed E-state index contributed by atoms with van der Waals surface area (Å²) >= 11 is 0. The molecule has 1 unspecified atom stereocenters. The van der Waals surface area contributed by atoms with Gasteiger partial charge in [-0.15, -0.1) is 0 Å². The number of amides is 1. The van der Waals surface area contributed by atoms with E-state index in [1.807, 2.05) is 82.2 Å². The summed E-state index contributed by atoms with van der Waals surface area (Å²) in [5, 5.41) is 2.98. The highest BCUT2D eigenvalue weighted by Crippen LogP contribution is 2.21. The summed E-state index contributed by atoms with van der Waals surface area (Å²) in [4.78, 5) is 14.5. The van der Waals surface area contributed by atoms with Crippen LogP contribution in [0.2, 0.25) is 0 Å². The molecule has 0 spiro atoms. The number of nitrogens with zero attached hydrogens (tertiary/aromatic N) is 1. The fourth-order valence-electron chi connectivity index (χ4n) is 2.52. The third kappa shape index (κ3) is 5.24. The van der Waals surface area contributed by atoms with Gasteiger partial charge in [-0.1, -0.05) is 31.2 Å². The van der Waals surface area contributed by atoms with Crippen molar-refractivity contribution in [1.82, 2.24) is 5.32 Å². The third-order valence-corrected chi connectivity index (χ3v) is 4.20. The van der Waals surface area contributed by atoms with Gasteiger partial charge in [0.2, 0.25) is 0 Å². The van der Waals surface area contributed by atoms with Crippen molar-refractivity contribution >= 4 is 11.6 Å². The number of nitrogens with one attached hydrogen (secondary N) is 1. The lowest BCUT2D eigenvalue weighted by molar-refractivity contribution is -0.128. The van der Waals surface area contributed by atoms with Gasteiger partial charge in [-0.3, -0.25) is 4.79 Å². The van der Waals surface area contributed by atoms with Crippen molar-refractivity contribution in [3.8, 4) is 5.75 Å². The van der Waals surface area contributed by atoms with Crippen LogP contribution in [0, 0.1) is 13.8 Å². The fraction of sp³-hybridized carbons (Fsp3) is 0.381. The summed E-state index contributed by atoms with van der Waals surface area (Å²) in [7, 11) is 4.01. The van der Waals surface area contributed by atoms with Gasteiger partial charge in [0, 0.05) is 26.3 Å². The van der Waals surface area contributed by atoms with Crippen molar-refractivity contribution in [2.75, 3.05) is 19.0 Å². The maximum atomic E-state index is 12.5. The SMILES string of the molecule is CCC(Oc1cc(C)ccc1C)C(=O)NCc1ccc(N(C)C)cc1. The monoisotopic (exact) mass is 340 g/mol. The van der Waals surface area contributed by atoms with Gasteiger partial charge in [0.05, 0.1) is 0 Å². The van der Waals surface area contributed by atoms with E-state index in [0.29, 0.717) is 13.0 Å². The summed E-state index contributed by atoms with van der Waals surface area (Å²) in [5.41, 5.74) is 4.37. The van der Waals surface area contributed by atoms with E-state index in [-0.39, 0.29) is 5.91 Å². The number of hydrogen-bond donors (Lipinski definition) is 1. The minimum Gasteiger partial charge on any atom is -0.480 e. The number of ether oxygens (including phenoxy) is 1. The lowest BCUT2D eigenvalue weighted by Crippen LogP contribution is -2.37. The number of benzene rings is 2. The Hall–Kier alpha value is -2.49. The van der Waals surface area contributed by atoms with Crippen LogP contribution in [0.4, 0.5) is 5.69 Å². The molecule has 0 radical (unpaired) electrons. The molecular weight excluding hydrogens is 312 g/mol. The summed E-state index contributed by atoms with van der Waals surface area (Å²) in [6, 6.07) is 14.2. The first kappa shape index (κ1) is 18.8. The Morgan fingerprint density at radius 3 is 2.40 bits per heavy atom. The molecule has 0 saturated heterocycles. The van der Waals surface area contributed by atoms with Gasteiger partial charge < -0.3 is 15.0 Å². The Bertz CT molecular complexity index is 708. The molecule has 0 heterocycles. The average Bonchev–Trinajstić information content (AvgIpc) is 2.60. The Kier molecular flexibility index (Phi) is 6.45. The molecule has 4 nitrogen and oxygen atoms in total. The van der Waals surface area contributed by atoms with Crippen molar-refractivity contribution in [1.29, 1.82) is 0 Å². The molecule has 2 rings (SSSR count). The number of anilines is 1. The molecule has 0 aromatic heterocycles. The maximum Gasteiger partial charge on any atom is 0.261 e. The molecule has 1 atom stereocenters. The summed E-state index contributed by atoms with van der Waals surface area (Å²) in [6.45, 7) is 6.47. The molecule has 25 heavy (non-hydrogen) atoms. The van der Waals surface area contributed by atoms with Crippen LogP contribution in [-0.2, 0) is 11.3 Å². The van der Waals surface area contributed by atoms with Crippen LogP contribution in [0.25, 0.3) is 0 Å². The molecule has 1 N–H and O–H groups in total. The van der Waals surface area contributed by atoms with Gasteiger partial charge in [0.25, 0.3) is 5.91 Å². The molecule has 1 amide bonds. The molecule has 2 aromatic carbocycles. The number of rotatable bonds is 7. The molecule has 0 aliphatic rings. The molecule has 0 saturated carbocycles. The predicted octanol–water partition coefficient (Wildman–Crippen LogP) is 3.84. The minimum absolute atomic E-state index is 0.0832. The molecule has 2 aromatic rings. The molecule has 0 bridgehead atoms. The van der Waals surface area contributed by atoms with Gasteiger partial charge in [-0.2, -0.15) is 0 Å². The number of hydrogen-bond acceptors (Lipinski definition) is 3. The van der Waals surface area contributed by atoms with E-state index in [0.717, 1.165) is 28.1 Å². The number of carbonyl (C=O) groups excluding carboxylic acids is 1. The lowest BCUT2D eigenvalue weighted by atomic mass is 10.1. The van der Waals surface area contributed by atoms with Gasteiger partial charge in [-0.25, -0.2) is 0 Å². The van der Waals surface area contributed by atoms with Gasteiger partial charge in [0.1, 0.15) is 5.75 Å². The zero-order valence-electron chi connectivity index (χ0n) is 15.8. The van der Waals surface area contributed by atoms with E-state index in [1.165, 1.54) is 0 Å². The van der Waals surface area contributed by atoms with Crippen LogP contribution >= 0.6 is 0 Å². The zero-order valence-corrected chi connectivity index (χ0v) is 15.8. The molecule has 0 aliphatic heterocycles. The van der Waals surface area contributed by atoms with Crippen molar-refractivity contribution in [2.45, 2.75) is 39.8 Å². The lowest BCUT2D eigenvalue weighted by Gasteiger charge is -2.19. The normalized spacial score (nSPS) is 11.7. The Labute approximate surface area is 150 Å². The van der Waals surface area contributed by atoms with Crippen LogP contribution in [0.15, 0.2) is 42.5 Å². The van der Waals surface area contributed by atoms with E-state index >= 15 is 0 Å². The first-order valence-electron chi connectivity index (χ1n) is 8.68. The molecule has 0 aliphatic carbocycles. The molecule has 134 valence electrons. The number of carbonyl (C=O) groups is 1. The smallest absolute Gasteiger partial charge is 0.261 e.